The fourth-order valence-corrected chi connectivity index (χ4v) is 5.09. The van der Waals surface area contributed by atoms with E-state index in [4.69, 9.17) is 14.2 Å². The monoisotopic (exact) mass is 563 g/mol. The molecule has 1 fully saturated rings. The molecule has 0 radical (unpaired) electrons. The number of rotatable bonds is 9. The van der Waals surface area contributed by atoms with Crippen LogP contribution in [0.3, 0.4) is 0 Å². The summed E-state index contributed by atoms with van der Waals surface area (Å²) < 4.78 is 18.7. The highest BCUT2D eigenvalue weighted by atomic mass is 16.5. The average molecular weight is 564 g/mol. The van der Waals surface area contributed by atoms with E-state index in [0.29, 0.717) is 55.4 Å². The van der Waals surface area contributed by atoms with Gasteiger partial charge in [-0.1, -0.05) is 52.3 Å². The van der Waals surface area contributed by atoms with Crippen molar-refractivity contribution in [1.29, 1.82) is 0 Å². The van der Waals surface area contributed by atoms with E-state index in [2.05, 4.69) is 37.9 Å². The van der Waals surface area contributed by atoms with E-state index in [1.807, 2.05) is 19.1 Å². The highest BCUT2D eigenvalue weighted by Gasteiger charge is 2.32. The number of ether oxygens (including phenoxy) is 3. The second-order valence-corrected chi connectivity index (χ2v) is 11.4. The summed E-state index contributed by atoms with van der Waals surface area (Å²) in [5.74, 6) is 0.919. The van der Waals surface area contributed by atoms with Gasteiger partial charge in [-0.05, 0) is 41.7 Å². The molecule has 0 saturated carbocycles. The van der Waals surface area contributed by atoms with Crippen molar-refractivity contribution >= 4 is 5.91 Å². The van der Waals surface area contributed by atoms with Crippen LogP contribution in [0.5, 0.6) is 23.1 Å². The predicted molar refractivity (Wildman–Crippen MR) is 158 cm³/mol. The largest absolute Gasteiger partial charge is 0.494 e. The Balaban J connectivity index is 1.59. The standard InChI is InChI=1S/C32H41N3O6/c1-7-8-12-26-33-29(36)27(31(38)35(26)28-24(39-5)10-9-11-25(28)40-6)30(37)34-19-17-23(18-20-34)41-22-15-13-21(14-16-22)32(2,3)4/h9-11,13-16,23,38H,7-8,12,17-20H2,1-6H3. The first-order valence-electron chi connectivity index (χ1n) is 14.2. The molecule has 1 saturated heterocycles. The van der Waals surface area contributed by atoms with E-state index in [9.17, 15) is 14.7 Å². The van der Waals surface area contributed by atoms with Gasteiger partial charge >= 0.3 is 0 Å². The zero-order chi connectivity index (χ0) is 29.7. The van der Waals surface area contributed by atoms with E-state index in [-0.39, 0.29) is 17.1 Å². The molecule has 1 aromatic heterocycles. The van der Waals surface area contributed by atoms with Gasteiger partial charge in [-0.15, -0.1) is 0 Å². The zero-order valence-corrected chi connectivity index (χ0v) is 24.9. The van der Waals surface area contributed by atoms with Crippen molar-refractivity contribution < 1.29 is 24.1 Å². The third kappa shape index (κ3) is 6.50. The Labute approximate surface area is 241 Å². The molecule has 1 amide bonds. The fourth-order valence-electron chi connectivity index (χ4n) is 5.09. The van der Waals surface area contributed by atoms with Crippen LogP contribution in [-0.4, -0.2) is 58.9 Å². The summed E-state index contributed by atoms with van der Waals surface area (Å²) in [4.78, 5) is 32.7. The Kier molecular flexibility index (Phi) is 9.25. The van der Waals surface area contributed by atoms with E-state index in [1.165, 1.54) is 24.4 Å². The summed E-state index contributed by atoms with van der Waals surface area (Å²) in [5, 5.41) is 11.5. The second kappa shape index (κ2) is 12.7. The lowest BCUT2D eigenvalue weighted by Gasteiger charge is -2.32. The number of carbonyl (C=O) groups excluding carboxylic acids is 1. The minimum absolute atomic E-state index is 0.0582. The summed E-state index contributed by atoms with van der Waals surface area (Å²) in [6.45, 7) is 9.31. The number of aromatic nitrogens is 2. The maximum Gasteiger partial charge on any atom is 0.289 e. The van der Waals surface area contributed by atoms with Gasteiger partial charge in [-0.3, -0.25) is 14.2 Å². The summed E-state index contributed by atoms with van der Waals surface area (Å²) >= 11 is 0. The van der Waals surface area contributed by atoms with Crippen LogP contribution in [0, 0.1) is 0 Å². The van der Waals surface area contributed by atoms with Crippen LogP contribution >= 0.6 is 0 Å². The Morgan fingerprint density at radius 3 is 2.17 bits per heavy atom. The van der Waals surface area contributed by atoms with E-state index >= 15 is 0 Å². The smallest absolute Gasteiger partial charge is 0.289 e. The van der Waals surface area contributed by atoms with Crippen molar-refractivity contribution in [2.75, 3.05) is 27.3 Å². The summed E-state index contributed by atoms with van der Waals surface area (Å²) in [6, 6.07) is 13.3. The zero-order valence-electron chi connectivity index (χ0n) is 24.9. The van der Waals surface area contributed by atoms with E-state index in [1.54, 1.807) is 23.1 Å². The van der Waals surface area contributed by atoms with Crippen molar-refractivity contribution in [3.8, 4) is 28.8 Å². The molecule has 41 heavy (non-hydrogen) atoms. The lowest BCUT2D eigenvalue weighted by Crippen LogP contribution is -2.43. The number of para-hydroxylation sites is 1. The molecule has 0 unspecified atom stereocenters. The minimum atomic E-state index is -0.749. The first-order valence-corrected chi connectivity index (χ1v) is 14.2. The molecule has 2 heterocycles. The molecular weight excluding hydrogens is 522 g/mol. The van der Waals surface area contributed by atoms with Crippen molar-refractivity contribution in [3.63, 3.8) is 0 Å². The van der Waals surface area contributed by atoms with Crippen LogP contribution in [0.25, 0.3) is 5.69 Å². The summed E-state index contributed by atoms with van der Waals surface area (Å²) in [7, 11) is 3.02. The number of likely N-dealkylation sites (tertiary alicyclic amines) is 1. The molecule has 2 aromatic carbocycles. The molecule has 0 spiro atoms. The van der Waals surface area contributed by atoms with Crippen molar-refractivity contribution in [2.45, 2.75) is 71.3 Å². The van der Waals surface area contributed by atoms with Crippen molar-refractivity contribution in [3.05, 3.63) is 69.8 Å². The van der Waals surface area contributed by atoms with Gasteiger partial charge in [0.15, 0.2) is 5.56 Å². The van der Waals surface area contributed by atoms with Crippen molar-refractivity contribution in [1.82, 2.24) is 14.5 Å². The Hall–Kier alpha value is -4.01. The van der Waals surface area contributed by atoms with Crippen LogP contribution in [-0.2, 0) is 11.8 Å². The Morgan fingerprint density at radius 2 is 1.63 bits per heavy atom. The first-order chi connectivity index (χ1) is 19.6. The fraction of sp³-hybridized carbons (Fsp3) is 0.469. The Morgan fingerprint density at radius 1 is 1.02 bits per heavy atom. The molecule has 0 atom stereocenters. The molecule has 4 rings (SSSR count). The SMILES string of the molecule is CCCCc1nc(=O)c(C(=O)N2CCC(Oc3ccc(C(C)(C)C)cc3)CC2)c(O)n1-c1c(OC)cccc1OC. The van der Waals surface area contributed by atoms with Gasteiger partial charge in [0.2, 0.25) is 5.88 Å². The third-order valence-corrected chi connectivity index (χ3v) is 7.48. The number of aryl methyl sites for hydroxylation is 1. The van der Waals surface area contributed by atoms with Crippen LogP contribution in [0.1, 0.15) is 75.1 Å². The average Bonchev–Trinajstić information content (AvgIpc) is 2.95. The molecule has 3 aromatic rings. The van der Waals surface area contributed by atoms with Crippen LogP contribution in [0.4, 0.5) is 0 Å². The highest BCUT2D eigenvalue weighted by molar-refractivity contribution is 5.96. The lowest BCUT2D eigenvalue weighted by molar-refractivity contribution is 0.0589. The van der Waals surface area contributed by atoms with Gasteiger partial charge in [0, 0.05) is 32.4 Å². The molecular formula is C32H41N3O6. The van der Waals surface area contributed by atoms with Gasteiger partial charge in [0.1, 0.15) is 34.9 Å². The topological polar surface area (TPSA) is 103 Å². The number of benzene rings is 2. The van der Waals surface area contributed by atoms with Gasteiger partial charge in [0.05, 0.1) is 14.2 Å². The van der Waals surface area contributed by atoms with Crippen molar-refractivity contribution in [2.24, 2.45) is 0 Å². The number of unbranched alkanes of at least 4 members (excludes halogenated alkanes) is 1. The number of hydrogen-bond acceptors (Lipinski definition) is 7. The lowest BCUT2D eigenvalue weighted by atomic mass is 9.87. The molecule has 9 heteroatoms. The number of hydrogen-bond donors (Lipinski definition) is 1. The van der Waals surface area contributed by atoms with Gasteiger partial charge in [-0.2, -0.15) is 4.98 Å². The van der Waals surface area contributed by atoms with E-state index in [0.717, 1.165) is 18.6 Å². The van der Waals surface area contributed by atoms with Gasteiger partial charge < -0.3 is 24.2 Å². The third-order valence-electron chi connectivity index (χ3n) is 7.48. The van der Waals surface area contributed by atoms with Gasteiger partial charge in [0.25, 0.3) is 11.5 Å². The predicted octanol–water partition coefficient (Wildman–Crippen LogP) is 5.28. The first kappa shape index (κ1) is 30.0. The summed E-state index contributed by atoms with van der Waals surface area (Å²) in [5.41, 5.74) is 0.563. The Bertz CT molecular complexity index is 1390. The van der Waals surface area contributed by atoms with E-state index < -0.39 is 17.3 Å². The number of carbonyl (C=O) groups is 1. The summed E-state index contributed by atoms with van der Waals surface area (Å²) in [6.07, 6.45) is 3.17. The number of methoxy groups -OCH3 is 2. The molecule has 9 nitrogen and oxygen atoms in total. The van der Waals surface area contributed by atoms with Crippen LogP contribution < -0.4 is 19.8 Å². The quantitative estimate of drug-likeness (QED) is 0.378. The number of amides is 1. The number of nitrogens with zero attached hydrogens (tertiary/aromatic N) is 3. The molecule has 220 valence electrons. The molecule has 1 aliphatic rings. The normalized spacial score (nSPS) is 14.1. The number of aromatic hydroxyl groups is 1. The minimum Gasteiger partial charge on any atom is -0.494 e. The molecule has 0 aliphatic carbocycles. The maximum atomic E-state index is 13.7. The maximum absolute atomic E-state index is 13.7. The van der Waals surface area contributed by atoms with Crippen LogP contribution in [0.2, 0.25) is 0 Å². The molecule has 0 bridgehead atoms. The van der Waals surface area contributed by atoms with Crippen LogP contribution in [0.15, 0.2) is 47.3 Å². The molecule has 1 aliphatic heterocycles. The highest BCUT2D eigenvalue weighted by Crippen LogP contribution is 2.37. The number of piperidine rings is 1. The molecule has 1 N–H and O–H groups in total. The second-order valence-electron chi connectivity index (χ2n) is 11.4. The van der Waals surface area contributed by atoms with Gasteiger partial charge in [-0.25, -0.2) is 0 Å².